The quantitative estimate of drug-likeness (QED) is 0.793. The third kappa shape index (κ3) is 3.90. The van der Waals surface area contributed by atoms with Crippen molar-refractivity contribution in [3.05, 3.63) is 21.6 Å². The normalized spacial score (nSPS) is 17.3. The van der Waals surface area contributed by atoms with Crippen LogP contribution in [0.3, 0.4) is 0 Å². The molecule has 1 heterocycles. The summed E-state index contributed by atoms with van der Waals surface area (Å²) >= 11 is 9.16. The van der Waals surface area contributed by atoms with Crippen molar-refractivity contribution in [2.45, 2.75) is 17.7 Å². The Balaban J connectivity index is 2.24. The first-order chi connectivity index (χ1) is 9.82. The van der Waals surface area contributed by atoms with Gasteiger partial charge >= 0.3 is 0 Å². The van der Waals surface area contributed by atoms with Crippen LogP contribution >= 0.6 is 27.5 Å². The fraction of sp³-hybridized carbons (Fsp3) is 0.538. The molecule has 0 spiro atoms. The fourth-order valence-electron chi connectivity index (χ4n) is 2.33. The Morgan fingerprint density at radius 2 is 2.05 bits per heavy atom. The Kier molecular flexibility index (Phi) is 5.54. The van der Waals surface area contributed by atoms with Crippen molar-refractivity contribution in [3.8, 4) is 0 Å². The van der Waals surface area contributed by atoms with E-state index in [2.05, 4.69) is 15.9 Å². The number of rotatable bonds is 4. The molecule has 0 atom stereocenters. The molecule has 8 heteroatoms. The highest BCUT2D eigenvalue weighted by Gasteiger charge is 2.27. The van der Waals surface area contributed by atoms with Gasteiger partial charge in [-0.15, -0.1) is 0 Å². The highest BCUT2D eigenvalue weighted by molar-refractivity contribution is 9.10. The number of hydrogen-bond acceptors (Lipinski definition) is 4. The van der Waals surface area contributed by atoms with Gasteiger partial charge in [0, 0.05) is 37.5 Å². The Morgan fingerprint density at radius 1 is 1.43 bits per heavy atom. The average Bonchev–Trinajstić information content (AvgIpc) is 2.43. The van der Waals surface area contributed by atoms with E-state index in [1.807, 2.05) is 0 Å². The molecule has 21 heavy (non-hydrogen) atoms. The molecular weight excluding hydrogens is 380 g/mol. The van der Waals surface area contributed by atoms with Gasteiger partial charge in [-0.05, 0) is 46.8 Å². The van der Waals surface area contributed by atoms with E-state index in [9.17, 15) is 8.42 Å². The summed E-state index contributed by atoms with van der Waals surface area (Å²) in [4.78, 5) is 0.0991. The molecule has 0 radical (unpaired) electrons. The fourth-order valence-corrected chi connectivity index (χ4v) is 4.83. The van der Waals surface area contributed by atoms with E-state index in [4.69, 9.17) is 22.1 Å². The van der Waals surface area contributed by atoms with Gasteiger partial charge in [-0.25, -0.2) is 12.7 Å². The minimum Gasteiger partial charge on any atom is -0.398 e. The first kappa shape index (κ1) is 17.0. The van der Waals surface area contributed by atoms with Crippen LogP contribution < -0.4 is 5.73 Å². The summed E-state index contributed by atoms with van der Waals surface area (Å²) in [7, 11) is -2.06. The van der Waals surface area contributed by atoms with Crippen molar-refractivity contribution in [3.63, 3.8) is 0 Å². The lowest BCUT2D eigenvalue weighted by Gasteiger charge is -2.27. The van der Waals surface area contributed by atoms with E-state index in [1.165, 1.54) is 16.4 Å². The Hall–Kier alpha value is -0.340. The Labute approximate surface area is 138 Å². The van der Waals surface area contributed by atoms with Gasteiger partial charge in [0.05, 0.1) is 9.37 Å². The first-order valence-corrected chi connectivity index (χ1v) is 9.22. The summed E-state index contributed by atoms with van der Waals surface area (Å²) in [5.74, 6) is 0.314. The number of ether oxygens (including phenoxy) is 1. The lowest BCUT2D eigenvalue weighted by atomic mass is 10.0. The molecule has 1 aliphatic heterocycles. The van der Waals surface area contributed by atoms with E-state index in [-0.39, 0.29) is 4.90 Å². The summed E-state index contributed by atoms with van der Waals surface area (Å²) in [5, 5.41) is 0.300. The molecule has 0 unspecified atom stereocenters. The third-order valence-electron chi connectivity index (χ3n) is 3.58. The van der Waals surface area contributed by atoms with Crippen LogP contribution in [0.25, 0.3) is 0 Å². The molecule has 0 amide bonds. The highest BCUT2D eigenvalue weighted by Crippen LogP contribution is 2.33. The van der Waals surface area contributed by atoms with Crippen molar-refractivity contribution < 1.29 is 13.2 Å². The number of hydrogen-bond donors (Lipinski definition) is 1. The molecule has 0 aromatic heterocycles. The molecule has 1 aromatic rings. The smallest absolute Gasteiger partial charge is 0.244 e. The summed E-state index contributed by atoms with van der Waals surface area (Å²) in [6.45, 7) is 1.84. The lowest BCUT2D eigenvalue weighted by Crippen LogP contribution is -2.34. The molecule has 1 fully saturated rings. The zero-order chi connectivity index (χ0) is 15.6. The molecular formula is C13H18BrClN2O3S. The second-order valence-corrected chi connectivity index (χ2v) is 8.39. The van der Waals surface area contributed by atoms with E-state index in [0.717, 1.165) is 12.8 Å². The van der Waals surface area contributed by atoms with Crippen LogP contribution in [-0.4, -0.2) is 39.5 Å². The molecule has 5 nitrogen and oxygen atoms in total. The van der Waals surface area contributed by atoms with Crippen molar-refractivity contribution in [2.24, 2.45) is 5.92 Å². The molecule has 1 aromatic carbocycles. The van der Waals surface area contributed by atoms with Gasteiger partial charge < -0.3 is 10.5 Å². The molecule has 2 N–H and O–H groups in total. The molecule has 118 valence electrons. The third-order valence-corrected chi connectivity index (χ3v) is 6.79. The van der Waals surface area contributed by atoms with Crippen LogP contribution in [0.5, 0.6) is 0 Å². The molecule has 0 saturated carbocycles. The number of nitrogens with two attached hydrogens (primary N) is 1. The van der Waals surface area contributed by atoms with E-state index in [1.54, 1.807) is 7.05 Å². The second-order valence-electron chi connectivity index (χ2n) is 5.15. The number of nitrogen functional groups attached to an aromatic ring is 1. The predicted octanol–water partition coefficient (Wildman–Crippen LogP) is 2.73. The molecule has 1 aliphatic rings. The van der Waals surface area contributed by atoms with Gasteiger partial charge in [0.1, 0.15) is 0 Å². The van der Waals surface area contributed by atoms with E-state index < -0.39 is 10.0 Å². The van der Waals surface area contributed by atoms with Crippen LogP contribution in [0, 0.1) is 5.92 Å². The number of sulfonamides is 1. The summed E-state index contributed by atoms with van der Waals surface area (Å²) in [6, 6.07) is 2.93. The van der Waals surface area contributed by atoms with Crippen molar-refractivity contribution in [2.75, 3.05) is 32.5 Å². The van der Waals surface area contributed by atoms with Gasteiger partial charge in [0.25, 0.3) is 0 Å². The second kappa shape index (κ2) is 6.83. The highest BCUT2D eigenvalue weighted by atomic mass is 79.9. The van der Waals surface area contributed by atoms with Gasteiger partial charge in [0.15, 0.2) is 0 Å². The van der Waals surface area contributed by atoms with Crippen LogP contribution in [0.15, 0.2) is 21.5 Å². The lowest BCUT2D eigenvalue weighted by molar-refractivity contribution is 0.0620. The molecule has 0 aliphatic carbocycles. The van der Waals surface area contributed by atoms with Gasteiger partial charge in [0.2, 0.25) is 10.0 Å². The zero-order valence-corrected chi connectivity index (χ0v) is 14.8. The van der Waals surface area contributed by atoms with Gasteiger partial charge in [-0.2, -0.15) is 0 Å². The number of nitrogens with zero attached hydrogens (tertiary/aromatic N) is 1. The largest absolute Gasteiger partial charge is 0.398 e. The van der Waals surface area contributed by atoms with Crippen LogP contribution in [0.4, 0.5) is 5.69 Å². The van der Waals surface area contributed by atoms with Crippen molar-refractivity contribution in [1.82, 2.24) is 4.31 Å². The van der Waals surface area contributed by atoms with Crippen molar-refractivity contribution >= 4 is 43.2 Å². The summed E-state index contributed by atoms with van der Waals surface area (Å²) in [6.07, 6.45) is 1.75. The number of anilines is 1. The maximum atomic E-state index is 12.7. The van der Waals surface area contributed by atoms with Crippen LogP contribution in [0.2, 0.25) is 5.02 Å². The molecule has 1 saturated heterocycles. The van der Waals surface area contributed by atoms with Crippen LogP contribution in [0.1, 0.15) is 12.8 Å². The minimum atomic E-state index is -3.63. The SMILES string of the molecule is CN(CC1CCOCC1)S(=O)(=O)c1cc(Cl)cc(N)c1Br. The summed E-state index contributed by atoms with van der Waals surface area (Å²) < 4.78 is 32.4. The standard InChI is InChI=1S/C13H18BrClN2O3S/c1-17(8-9-2-4-20-5-3-9)21(18,19)12-7-10(15)6-11(16)13(12)14/h6-7,9H,2-5,8,16H2,1H3. The van der Waals surface area contributed by atoms with Crippen molar-refractivity contribution in [1.29, 1.82) is 0 Å². The number of benzene rings is 1. The van der Waals surface area contributed by atoms with Gasteiger partial charge in [-0.1, -0.05) is 11.6 Å². The van der Waals surface area contributed by atoms with Crippen LogP contribution in [-0.2, 0) is 14.8 Å². The Morgan fingerprint density at radius 3 is 2.67 bits per heavy atom. The van der Waals surface area contributed by atoms with Gasteiger partial charge in [-0.3, -0.25) is 0 Å². The Bertz CT molecular complexity index is 618. The first-order valence-electron chi connectivity index (χ1n) is 6.61. The average molecular weight is 398 g/mol. The minimum absolute atomic E-state index is 0.0991. The number of halogens is 2. The maximum absolute atomic E-state index is 12.7. The van der Waals surface area contributed by atoms with E-state index >= 15 is 0 Å². The monoisotopic (exact) mass is 396 g/mol. The molecule has 2 rings (SSSR count). The molecule has 0 bridgehead atoms. The zero-order valence-electron chi connectivity index (χ0n) is 11.7. The predicted molar refractivity (Wildman–Crippen MR) is 86.9 cm³/mol. The summed E-state index contributed by atoms with van der Waals surface area (Å²) in [5.41, 5.74) is 6.08. The topological polar surface area (TPSA) is 72.6 Å². The maximum Gasteiger partial charge on any atom is 0.244 e. The van der Waals surface area contributed by atoms with E-state index in [0.29, 0.717) is 40.9 Å².